The minimum atomic E-state index is 0.540. The van der Waals surface area contributed by atoms with Crippen LogP contribution in [0.4, 0.5) is 0 Å². The van der Waals surface area contributed by atoms with Gasteiger partial charge < -0.3 is 0 Å². The van der Waals surface area contributed by atoms with E-state index >= 15 is 0 Å². The van der Waals surface area contributed by atoms with E-state index < -0.39 is 0 Å². The summed E-state index contributed by atoms with van der Waals surface area (Å²) in [6.45, 7) is 17.9. The van der Waals surface area contributed by atoms with E-state index in [-0.39, 0.29) is 0 Å². The molecule has 0 aliphatic heterocycles. The Bertz CT molecular complexity index is 359. The largest absolute Gasteiger partial charge is 0.0651 e. The van der Waals surface area contributed by atoms with Gasteiger partial charge in [0.2, 0.25) is 0 Å². The number of fused-ring (bicyclic) bond motifs is 1. The van der Waals surface area contributed by atoms with Crippen molar-refractivity contribution in [3.8, 4) is 0 Å². The van der Waals surface area contributed by atoms with Crippen molar-refractivity contribution in [1.29, 1.82) is 0 Å². The van der Waals surface area contributed by atoms with Gasteiger partial charge in [-0.05, 0) is 59.7 Å². The normalized spacial score (nSPS) is 48.7. The van der Waals surface area contributed by atoms with Crippen molar-refractivity contribution >= 4 is 0 Å². The van der Waals surface area contributed by atoms with Crippen molar-refractivity contribution in [2.45, 2.75) is 99.8 Å². The standard InChI is InChI=1S/C21H40/c1-8-16(2)11-14-19(5)18(4)12-15-20(6)17(3)10-9-13-21(19,20)7/h16-18H,8-15H2,1-7H3. The highest BCUT2D eigenvalue weighted by atomic mass is 14.7. The quantitative estimate of drug-likeness (QED) is 0.519. The number of rotatable bonds is 4. The fraction of sp³-hybridized carbons (Fsp3) is 1.00. The second-order valence-corrected chi connectivity index (χ2v) is 9.45. The summed E-state index contributed by atoms with van der Waals surface area (Å²) >= 11 is 0. The van der Waals surface area contributed by atoms with Crippen LogP contribution in [0, 0.1) is 34.0 Å². The lowest BCUT2D eigenvalue weighted by atomic mass is 9.37. The zero-order chi connectivity index (χ0) is 15.9. The molecular formula is C21H40. The summed E-state index contributed by atoms with van der Waals surface area (Å²) in [5.74, 6) is 2.70. The molecule has 6 atom stereocenters. The molecule has 0 nitrogen and oxygen atoms in total. The van der Waals surface area contributed by atoms with E-state index in [1.54, 1.807) is 0 Å². The Morgan fingerprint density at radius 3 is 2.29 bits per heavy atom. The van der Waals surface area contributed by atoms with Gasteiger partial charge in [-0.3, -0.25) is 0 Å². The Labute approximate surface area is 134 Å². The number of hydrogen-bond acceptors (Lipinski definition) is 0. The highest BCUT2D eigenvalue weighted by Crippen LogP contribution is 2.70. The van der Waals surface area contributed by atoms with E-state index in [0.29, 0.717) is 16.2 Å². The summed E-state index contributed by atoms with van der Waals surface area (Å²) in [6.07, 6.45) is 11.5. The first-order valence-corrected chi connectivity index (χ1v) is 9.71. The molecule has 2 fully saturated rings. The van der Waals surface area contributed by atoms with Crippen LogP contribution in [0.5, 0.6) is 0 Å². The van der Waals surface area contributed by atoms with Crippen LogP contribution in [-0.4, -0.2) is 0 Å². The van der Waals surface area contributed by atoms with Gasteiger partial charge in [-0.25, -0.2) is 0 Å². The Morgan fingerprint density at radius 2 is 1.67 bits per heavy atom. The average Bonchev–Trinajstić information content (AvgIpc) is 2.46. The minimum absolute atomic E-state index is 0.540. The maximum Gasteiger partial charge on any atom is -0.0213 e. The summed E-state index contributed by atoms with van der Waals surface area (Å²) in [4.78, 5) is 0. The van der Waals surface area contributed by atoms with Gasteiger partial charge in [-0.2, -0.15) is 0 Å². The fourth-order valence-corrected chi connectivity index (χ4v) is 6.02. The predicted molar refractivity (Wildman–Crippen MR) is 94.4 cm³/mol. The highest BCUT2D eigenvalue weighted by Gasteiger charge is 2.62. The molecule has 0 saturated heterocycles. The molecule has 21 heavy (non-hydrogen) atoms. The van der Waals surface area contributed by atoms with E-state index in [1.165, 1.54) is 51.4 Å². The van der Waals surface area contributed by atoms with Gasteiger partial charge in [-0.1, -0.05) is 74.1 Å². The van der Waals surface area contributed by atoms with Crippen molar-refractivity contribution in [3.05, 3.63) is 0 Å². The molecule has 2 saturated carbocycles. The van der Waals surface area contributed by atoms with Crippen LogP contribution in [0.25, 0.3) is 0 Å². The second-order valence-electron chi connectivity index (χ2n) is 9.45. The lowest BCUT2D eigenvalue weighted by Crippen LogP contribution is -2.59. The van der Waals surface area contributed by atoms with Gasteiger partial charge in [0.15, 0.2) is 0 Å². The third-order valence-electron chi connectivity index (χ3n) is 8.96. The maximum atomic E-state index is 2.68. The van der Waals surface area contributed by atoms with Gasteiger partial charge in [0.1, 0.15) is 0 Å². The van der Waals surface area contributed by atoms with Crippen molar-refractivity contribution in [1.82, 2.24) is 0 Å². The summed E-state index contributed by atoms with van der Waals surface area (Å²) in [7, 11) is 0. The third-order valence-corrected chi connectivity index (χ3v) is 8.96. The molecule has 0 bridgehead atoms. The van der Waals surface area contributed by atoms with Crippen LogP contribution in [-0.2, 0) is 0 Å². The lowest BCUT2D eigenvalue weighted by Gasteiger charge is -2.67. The molecule has 2 aliphatic carbocycles. The van der Waals surface area contributed by atoms with Gasteiger partial charge in [0.05, 0.1) is 0 Å². The second kappa shape index (κ2) is 5.89. The van der Waals surface area contributed by atoms with E-state index in [0.717, 1.165) is 17.8 Å². The van der Waals surface area contributed by atoms with Gasteiger partial charge in [0, 0.05) is 0 Å². The van der Waals surface area contributed by atoms with Crippen molar-refractivity contribution < 1.29 is 0 Å². The third kappa shape index (κ3) is 2.49. The first-order valence-electron chi connectivity index (χ1n) is 9.71. The molecule has 0 heteroatoms. The molecule has 124 valence electrons. The fourth-order valence-electron chi connectivity index (χ4n) is 6.02. The topological polar surface area (TPSA) is 0 Å². The van der Waals surface area contributed by atoms with Crippen molar-refractivity contribution in [2.75, 3.05) is 0 Å². The first-order chi connectivity index (χ1) is 9.71. The maximum absolute atomic E-state index is 2.68. The van der Waals surface area contributed by atoms with Crippen molar-refractivity contribution in [3.63, 3.8) is 0 Å². The van der Waals surface area contributed by atoms with E-state index in [2.05, 4.69) is 48.5 Å². The SMILES string of the molecule is CCC(C)CCC1(C)C(C)CCC2(C)C(C)CCCC12C. The van der Waals surface area contributed by atoms with Crippen LogP contribution < -0.4 is 0 Å². The molecule has 0 N–H and O–H groups in total. The molecule has 2 rings (SSSR count). The summed E-state index contributed by atoms with van der Waals surface area (Å²) in [5.41, 5.74) is 1.66. The lowest BCUT2D eigenvalue weighted by molar-refractivity contribution is -0.183. The Hall–Kier alpha value is 0. The zero-order valence-electron chi connectivity index (χ0n) is 15.9. The van der Waals surface area contributed by atoms with Crippen LogP contribution in [0.1, 0.15) is 99.8 Å². The smallest absolute Gasteiger partial charge is 0.0213 e. The molecule has 6 unspecified atom stereocenters. The Kier molecular flexibility index (Phi) is 4.87. The van der Waals surface area contributed by atoms with E-state index in [4.69, 9.17) is 0 Å². The number of hydrogen-bond donors (Lipinski definition) is 0. The van der Waals surface area contributed by atoms with Gasteiger partial charge in [0.25, 0.3) is 0 Å². The van der Waals surface area contributed by atoms with Crippen LogP contribution in [0.15, 0.2) is 0 Å². The average molecular weight is 293 g/mol. The molecule has 0 spiro atoms. The van der Waals surface area contributed by atoms with Crippen LogP contribution >= 0.6 is 0 Å². The zero-order valence-corrected chi connectivity index (χ0v) is 15.9. The summed E-state index contributed by atoms with van der Waals surface area (Å²) in [5, 5.41) is 0. The summed E-state index contributed by atoms with van der Waals surface area (Å²) in [6, 6.07) is 0. The molecule has 0 radical (unpaired) electrons. The molecule has 0 amide bonds. The molecule has 2 aliphatic rings. The monoisotopic (exact) mass is 292 g/mol. The molecular weight excluding hydrogens is 252 g/mol. The Balaban J connectivity index is 2.32. The Morgan fingerprint density at radius 1 is 1.00 bits per heavy atom. The van der Waals surface area contributed by atoms with E-state index in [1.807, 2.05) is 0 Å². The van der Waals surface area contributed by atoms with Crippen LogP contribution in [0.3, 0.4) is 0 Å². The first kappa shape index (κ1) is 17.4. The predicted octanol–water partition coefficient (Wildman–Crippen LogP) is 7.08. The molecule has 0 heterocycles. The molecule has 0 aromatic carbocycles. The molecule has 0 aromatic heterocycles. The van der Waals surface area contributed by atoms with Gasteiger partial charge >= 0.3 is 0 Å². The molecule has 0 aromatic rings. The van der Waals surface area contributed by atoms with Crippen molar-refractivity contribution in [2.24, 2.45) is 34.0 Å². The van der Waals surface area contributed by atoms with Gasteiger partial charge in [-0.15, -0.1) is 0 Å². The highest BCUT2D eigenvalue weighted by molar-refractivity contribution is 5.11. The summed E-state index contributed by atoms with van der Waals surface area (Å²) < 4.78 is 0. The van der Waals surface area contributed by atoms with Crippen LogP contribution in [0.2, 0.25) is 0 Å². The minimum Gasteiger partial charge on any atom is -0.0651 e. The van der Waals surface area contributed by atoms with E-state index in [9.17, 15) is 0 Å².